The fraction of sp³-hybridized carbons (Fsp3) is 0.600. The normalized spacial score (nSPS) is 30.6. The van der Waals surface area contributed by atoms with Crippen LogP contribution in [0.5, 0.6) is 5.75 Å². The van der Waals surface area contributed by atoms with Crippen LogP contribution in [-0.4, -0.2) is 24.4 Å². The molecule has 1 aliphatic heterocycles. The zero-order valence-corrected chi connectivity index (χ0v) is 10.9. The van der Waals surface area contributed by atoms with Gasteiger partial charge in [0.2, 0.25) is 0 Å². The number of hydrogen-bond acceptors (Lipinski definition) is 3. The molecule has 1 aromatic carbocycles. The molecule has 98 valence electrons. The second-order valence-corrected chi connectivity index (χ2v) is 5.47. The number of nitrogens with one attached hydrogen (secondary N) is 1. The lowest BCUT2D eigenvalue weighted by molar-refractivity contribution is 0.105. The second-order valence-electron chi connectivity index (χ2n) is 5.47. The van der Waals surface area contributed by atoms with Gasteiger partial charge in [-0.15, -0.1) is 0 Å². The summed E-state index contributed by atoms with van der Waals surface area (Å²) < 4.78 is 5.59. The van der Waals surface area contributed by atoms with E-state index in [9.17, 15) is 5.11 Å². The summed E-state index contributed by atoms with van der Waals surface area (Å²) in [5.41, 5.74) is 2.41. The smallest absolute Gasteiger partial charge is 0.119 e. The zero-order valence-electron chi connectivity index (χ0n) is 10.9. The molecule has 3 atom stereocenters. The van der Waals surface area contributed by atoms with Gasteiger partial charge >= 0.3 is 0 Å². The van der Waals surface area contributed by atoms with Crippen LogP contribution in [0.3, 0.4) is 0 Å². The Morgan fingerprint density at radius 1 is 1.39 bits per heavy atom. The molecular weight excluding hydrogens is 226 g/mol. The highest BCUT2D eigenvalue weighted by atomic mass is 16.5. The van der Waals surface area contributed by atoms with Gasteiger partial charge in [-0.25, -0.2) is 0 Å². The Labute approximate surface area is 108 Å². The van der Waals surface area contributed by atoms with Gasteiger partial charge in [-0.1, -0.05) is 12.1 Å². The lowest BCUT2D eigenvalue weighted by Crippen LogP contribution is -2.29. The highest BCUT2D eigenvalue weighted by molar-refractivity contribution is 5.44. The van der Waals surface area contributed by atoms with Crippen LogP contribution in [0.2, 0.25) is 0 Å². The largest absolute Gasteiger partial charge is 0.508 e. The predicted molar refractivity (Wildman–Crippen MR) is 70.7 cm³/mol. The van der Waals surface area contributed by atoms with Crippen LogP contribution in [0, 0.1) is 5.92 Å². The summed E-state index contributed by atoms with van der Waals surface area (Å²) in [5, 5.41) is 13.5. The van der Waals surface area contributed by atoms with Gasteiger partial charge in [0.25, 0.3) is 0 Å². The minimum atomic E-state index is 0.377. The Bertz CT molecular complexity index is 433. The molecule has 1 aromatic rings. The first-order chi connectivity index (χ1) is 8.75. The molecule has 18 heavy (non-hydrogen) atoms. The number of phenolic OH excluding ortho intramolecular Hbond substituents is 1. The van der Waals surface area contributed by atoms with Crippen molar-refractivity contribution in [3.63, 3.8) is 0 Å². The fourth-order valence-corrected chi connectivity index (χ4v) is 3.18. The van der Waals surface area contributed by atoms with Gasteiger partial charge in [-0.05, 0) is 49.3 Å². The van der Waals surface area contributed by atoms with E-state index < -0.39 is 0 Å². The molecular formula is C15H21NO2. The van der Waals surface area contributed by atoms with Crippen molar-refractivity contribution in [2.75, 3.05) is 13.2 Å². The molecule has 3 nitrogen and oxygen atoms in total. The molecule has 1 heterocycles. The lowest BCUT2D eigenvalue weighted by atomic mass is 10.0. The fourth-order valence-electron chi connectivity index (χ4n) is 3.18. The van der Waals surface area contributed by atoms with E-state index in [1.54, 1.807) is 6.07 Å². The number of fused-ring (bicyclic) bond motifs is 1. The summed E-state index contributed by atoms with van der Waals surface area (Å²) in [4.78, 5) is 0. The highest BCUT2D eigenvalue weighted by Crippen LogP contribution is 2.36. The number of phenols is 1. The van der Waals surface area contributed by atoms with E-state index in [1.807, 2.05) is 6.07 Å². The Morgan fingerprint density at radius 2 is 2.28 bits per heavy atom. The van der Waals surface area contributed by atoms with E-state index in [4.69, 9.17) is 4.74 Å². The minimum absolute atomic E-state index is 0.377. The van der Waals surface area contributed by atoms with Crippen molar-refractivity contribution in [3.05, 3.63) is 29.3 Å². The number of ether oxygens (including phenoxy) is 1. The summed E-state index contributed by atoms with van der Waals surface area (Å²) >= 11 is 0. The summed E-state index contributed by atoms with van der Waals surface area (Å²) in [6.07, 6.45) is 3.61. The standard InChI is InChI=1S/C15H21NO2/c1-10-11(7-8-18-10)9-16-14-6-5-13-12(14)3-2-4-15(13)17/h2-4,10-11,14,16-17H,5-9H2,1H3. The average molecular weight is 247 g/mol. The van der Waals surface area contributed by atoms with Gasteiger partial charge < -0.3 is 15.2 Å². The Balaban J connectivity index is 1.64. The lowest BCUT2D eigenvalue weighted by Gasteiger charge is -2.19. The predicted octanol–water partition coefficient (Wildman–Crippen LogP) is 2.39. The van der Waals surface area contributed by atoms with Crippen molar-refractivity contribution in [1.82, 2.24) is 5.32 Å². The minimum Gasteiger partial charge on any atom is -0.508 e. The van der Waals surface area contributed by atoms with Gasteiger partial charge in [0.1, 0.15) is 5.75 Å². The molecule has 1 aliphatic carbocycles. The maximum atomic E-state index is 9.82. The number of rotatable bonds is 3. The van der Waals surface area contributed by atoms with E-state index in [-0.39, 0.29) is 0 Å². The van der Waals surface area contributed by atoms with Gasteiger partial charge in [0.05, 0.1) is 6.10 Å². The van der Waals surface area contributed by atoms with Crippen LogP contribution < -0.4 is 5.32 Å². The van der Waals surface area contributed by atoms with Gasteiger partial charge in [-0.3, -0.25) is 0 Å². The molecule has 0 spiro atoms. The van der Waals surface area contributed by atoms with E-state index in [2.05, 4.69) is 18.3 Å². The van der Waals surface area contributed by atoms with E-state index in [0.29, 0.717) is 23.8 Å². The monoisotopic (exact) mass is 247 g/mol. The SMILES string of the molecule is CC1OCCC1CNC1CCc2c(O)cccc21. The van der Waals surface area contributed by atoms with Crippen LogP contribution >= 0.6 is 0 Å². The third kappa shape index (κ3) is 2.13. The van der Waals surface area contributed by atoms with Crippen molar-refractivity contribution < 1.29 is 9.84 Å². The molecule has 3 heteroatoms. The average Bonchev–Trinajstić information content (AvgIpc) is 2.94. The molecule has 1 saturated heterocycles. The maximum Gasteiger partial charge on any atom is 0.119 e. The summed E-state index contributed by atoms with van der Waals surface area (Å²) in [6.45, 7) is 4.07. The first-order valence-electron chi connectivity index (χ1n) is 6.91. The van der Waals surface area contributed by atoms with Gasteiger partial charge in [0.15, 0.2) is 0 Å². The Hall–Kier alpha value is -1.06. The van der Waals surface area contributed by atoms with Crippen LogP contribution in [0.25, 0.3) is 0 Å². The number of benzene rings is 1. The topological polar surface area (TPSA) is 41.5 Å². The Kier molecular flexibility index (Phi) is 3.27. The van der Waals surface area contributed by atoms with E-state index in [1.165, 1.54) is 5.56 Å². The van der Waals surface area contributed by atoms with Crippen molar-refractivity contribution in [2.24, 2.45) is 5.92 Å². The van der Waals surface area contributed by atoms with Gasteiger partial charge in [0, 0.05) is 19.2 Å². The molecule has 0 aromatic heterocycles. The summed E-state index contributed by atoms with van der Waals surface area (Å²) in [5.74, 6) is 1.08. The third-order valence-electron chi connectivity index (χ3n) is 4.41. The van der Waals surface area contributed by atoms with E-state index >= 15 is 0 Å². The molecule has 3 unspecified atom stereocenters. The van der Waals surface area contributed by atoms with Crippen molar-refractivity contribution in [1.29, 1.82) is 0 Å². The number of aromatic hydroxyl groups is 1. The van der Waals surface area contributed by atoms with Gasteiger partial charge in [-0.2, -0.15) is 0 Å². The third-order valence-corrected chi connectivity index (χ3v) is 4.41. The van der Waals surface area contributed by atoms with Crippen LogP contribution in [0.1, 0.15) is 36.9 Å². The maximum absolute atomic E-state index is 9.82. The van der Waals surface area contributed by atoms with Crippen LogP contribution in [-0.2, 0) is 11.2 Å². The molecule has 0 bridgehead atoms. The first kappa shape index (κ1) is 12.0. The second kappa shape index (κ2) is 4.90. The zero-order chi connectivity index (χ0) is 12.5. The summed E-state index contributed by atoms with van der Waals surface area (Å²) in [7, 11) is 0. The summed E-state index contributed by atoms with van der Waals surface area (Å²) in [6, 6.07) is 6.26. The highest BCUT2D eigenvalue weighted by Gasteiger charge is 2.28. The van der Waals surface area contributed by atoms with E-state index in [0.717, 1.165) is 38.0 Å². The molecule has 2 aliphatic rings. The molecule has 2 N–H and O–H groups in total. The molecule has 0 saturated carbocycles. The van der Waals surface area contributed by atoms with Crippen LogP contribution in [0.4, 0.5) is 0 Å². The quantitative estimate of drug-likeness (QED) is 0.861. The molecule has 3 rings (SSSR count). The Morgan fingerprint density at radius 3 is 3.06 bits per heavy atom. The first-order valence-corrected chi connectivity index (χ1v) is 6.91. The molecule has 0 radical (unpaired) electrons. The van der Waals surface area contributed by atoms with Crippen molar-refractivity contribution in [3.8, 4) is 5.75 Å². The molecule has 1 fully saturated rings. The molecule has 0 amide bonds. The van der Waals surface area contributed by atoms with Crippen molar-refractivity contribution >= 4 is 0 Å². The van der Waals surface area contributed by atoms with Crippen molar-refractivity contribution in [2.45, 2.75) is 38.3 Å². The number of hydrogen-bond donors (Lipinski definition) is 2. The van der Waals surface area contributed by atoms with Crippen LogP contribution in [0.15, 0.2) is 18.2 Å².